The van der Waals surface area contributed by atoms with E-state index in [4.69, 9.17) is 0 Å². The van der Waals surface area contributed by atoms with Crippen LogP contribution in [0.5, 0.6) is 0 Å². The van der Waals surface area contributed by atoms with Gasteiger partial charge in [-0.3, -0.25) is 9.59 Å². The van der Waals surface area contributed by atoms with Crippen LogP contribution in [0.4, 0.5) is 0 Å². The van der Waals surface area contributed by atoms with Crippen molar-refractivity contribution in [2.45, 2.75) is 32.6 Å². The lowest BCUT2D eigenvalue weighted by Gasteiger charge is -2.30. The van der Waals surface area contributed by atoms with E-state index in [9.17, 15) is 9.59 Å². The van der Waals surface area contributed by atoms with Crippen LogP contribution >= 0.6 is 0 Å². The van der Waals surface area contributed by atoms with Crippen molar-refractivity contribution in [1.82, 2.24) is 4.90 Å². The van der Waals surface area contributed by atoms with Gasteiger partial charge in [-0.1, -0.05) is 6.92 Å². The number of likely N-dealkylation sites (tertiary alicyclic amines) is 1. The average Bonchev–Trinajstić information content (AvgIpc) is 2.25. The zero-order valence-corrected chi connectivity index (χ0v) is 9.49. The highest BCUT2D eigenvalue weighted by molar-refractivity contribution is 5.81. The van der Waals surface area contributed by atoms with Crippen LogP contribution in [0.2, 0.25) is 0 Å². The summed E-state index contributed by atoms with van der Waals surface area (Å²) in [6.45, 7) is 3.82. The van der Waals surface area contributed by atoms with Crippen molar-refractivity contribution in [2.75, 3.05) is 20.2 Å². The van der Waals surface area contributed by atoms with Crippen molar-refractivity contribution in [3.63, 3.8) is 0 Å². The number of rotatable bonds is 3. The maximum absolute atomic E-state index is 11.7. The molecule has 0 aromatic carbocycles. The maximum Gasteiger partial charge on any atom is 0.306 e. The molecule has 0 radical (unpaired) electrons. The fraction of sp³-hybridized carbons (Fsp3) is 0.818. The third-order valence-electron chi connectivity index (χ3n) is 2.78. The van der Waals surface area contributed by atoms with Gasteiger partial charge < -0.3 is 9.64 Å². The molecule has 0 unspecified atom stereocenters. The number of esters is 1. The maximum atomic E-state index is 11.7. The van der Waals surface area contributed by atoms with Gasteiger partial charge >= 0.3 is 5.97 Å². The molecule has 1 aliphatic rings. The summed E-state index contributed by atoms with van der Waals surface area (Å²) in [4.78, 5) is 24.4. The zero-order valence-electron chi connectivity index (χ0n) is 9.49. The number of methoxy groups -OCH3 is 1. The van der Waals surface area contributed by atoms with Crippen LogP contribution in [0.25, 0.3) is 0 Å². The Kier molecular flexibility index (Phi) is 4.59. The SMILES string of the molecule is COC(=O)CCC(=O)N1CCC[C@H](C)C1. The standard InChI is InChI=1S/C11H19NO3/c1-9-4-3-7-12(8-9)10(13)5-6-11(14)15-2/h9H,3-8H2,1-2H3/t9-/m0/s1. The van der Waals surface area contributed by atoms with E-state index in [1.807, 2.05) is 4.90 Å². The van der Waals surface area contributed by atoms with Gasteiger partial charge in [0.2, 0.25) is 5.91 Å². The number of hydrogen-bond acceptors (Lipinski definition) is 3. The third kappa shape index (κ3) is 3.90. The molecule has 1 atom stereocenters. The Labute approximate surface area is 90.6 Å². The summed E-state index contributed by atoms with van der Waals surface area (Å²) in [5.41, 5.74) is 0. The van der Waals surface area contributed by atoms with E-state index in [2.05, 4.69) is 11.7 Å². The van der Waals surface area contributed by atoms with Gasteiger partial charge in [-0.15, -0.1) is 0 Å². The lowest BCUT2D eigenvalue weighted by atomic mass is 10.00. The van der Waals surface area contributed by atoms with Crippen molar-refractivity contribution in [3.8, 4) is 0 Å². The molecule has 4 nitrogen and oxygen atoms in total. The summed E-state index contributed by atoms with van der Waals surface area (Å²) >= 11 is 0. The average molecular weight is 213 g/mol. The van der Waals surface area contributed by atoms with Crippen LogP contribution in [0, 0.1) is 5.92 Å². The first kappa shape index (κ1) is 12.0. The Morgan fingerprint density at radius 3 is 2.73 bits per heavy atom. The Hall–Kier alpha value is -1.06. The molecule has 86 valence electrons. The molecule has 0 saturated carbocycles. The molecule has 1 heterocycles. The van der Waals surface area contributed by atoms with E-state index < -0.39 is 0 Å². The summed E-state index contributed by atoms with van der Waals surface area (Å²) < 4.78 is 4.50. The van der Waals surface area contributed by atoms with Crippen molar-refractivity contribution in [3.05, 3.63) is 0 Å². The number of nitrogens with zero attached hydrogens (tertiary/aromatic N) is 1. The van der Waals surface area contributed by atoms with Gasteiger partial charge in [0.1, 0.15) is 0 Å². The molecule has 0 aliphatic carbocycles. The van der Waals surface area contributed by atoms with E-state index in [1.54, 1.807) is 0 Å². The van der Waals surface area contributed by atoms with Crippen LogP contribution < -0.4 is 0 Å². The van der Waals surface area contributed by atoms with E-state index in [1.165, 1.54) is 13.5 Å². The minimum atomic E-state index is -0.312. The second-order valence-corrected chi connectivity index (χ2v) is 4.16. The summed E-state index contributed by atoms with van der Waals surface area (Å²) in [6.07, 6.45) is 2.74. The molecule has 0 spiro atoms. The van der Waals surface area contributed by atoms with E-state index in [0.29, 0.717) is 5.92 Å². The molecular weight excluding hydrogens is 194 g/mol. The molecule has 0 bridgehead atoms. The molecule has 0 N–H and O–H groups in total. The summed E-state index contributed by atoms with van der Waals surface area (Å²) in [7, 11) is 1.34. The fourth-order valence-electron chi connectivity index (χ4n) is 1.89. The highest BCUT2D eigenvalue weighted by atomic mass is 16.5. The normalized spacial score (nSPS) is 21.2. The Morgan fingerprint density at radius 1 is 1.40 bits per heavy atom. The van der Waals surface area contributed by atoms with E-state index in [0.717, 1.165) is 19.5 Å². The fourth-order valence-corrected chi connectivity index (χ4v) is 1.89. The first-order chi connectivity index (χ1) is 7.13. The molecule has 4 heteroatoms. The summed E-state index contributed by atoms with van der Waals surface area (Å²) in [5, 5.41) is 0. The van der Waals surface area contributed by atoms with Crippen LogP contribution in [0.1, 0.15) is 32.6 Å². The lowest BCUT2D eigenvalue weighted by Crippen LogP contribution is -2.39. The number of ether oxygens (including phenoxy) is 1. The van der Waals surface area contributed by atoms with Crippen molar-refractivity contribution in [2.24, 2.45) is 5.92 Å². The van der Waals surface area contributed by atoms with Crippen molar-refractivity contribution in [1.29, 1.82) is 0 Å². The topological polar surface area (TPSA) is 46.6 Å². The van der Waals surface area contributed by atoms with Gasteiger partial charge in [0.25, 0.3) is 0 Å². The molecular formula is C11H19NO3. The highest BCUT2D eigenvalue weighted by Gasteiger charge is 2.21. The zero-order chi connectivity index (χ0) is 11.3. The minimum absolute atomic E-state index is 0.0759. The third-order valence-corrected chi connectivity index (χ3v) is 2.78. The van der Waals surface area contributed by atoms with Gasteiger partial charge in [0, 0.05) is 19.5 Å². The minimum Gasteiger partial charge on any atom is -0.469 e. The summed E-state index contributed by atoms with van der Waals surface area (Å²) in [6, 6.07) is 0. The van der Waals surface area contributed by atoms with E-state index >= 15 is 0 Å². The summed E-state index contributed by atoms with van der Waals surface area (Å²) in [5.74, 6) is 0.348. The second-order valence-electron chi connectivity index (χ2n) is 4.16. The van der Waals surface area contributed by atoms with Gasteiger partial charge in [0.15, 0.2) is 0 Å². The first-order valence-electron chi connectivity index (χ1n) is 5.48. The molecule has 1 rings (SSSR count). The smallest absolute Gasteiger partial charge is 0.306 e. The highest BCUT2D eigenvalue weighted by Crippen LogP contribution is 2.16. The molecule has 1 aliphatic heterocycles. The van der Waals surface area contributed by atoms with Gasteiger partial charge in [-0.2, -0.15) is 0 Å². The van der Waals surface area contributed by atoms with Crippen molar-refractivity contribution < 1.29 is 14.3 Å². The Bertz CT molecular complexity index is 240. The molecule has 0 aromatic heterocycles. The second kappa shape index (κ2) is 5.73. The number of hydrogen-bond donors (Lipinski definition) is 0. The van der Waals surface area contributed by atoms with Crippen LogP contribution in [-0.4, -0.2) is 37.0 Å². The lowest BCUT2D eigenvalue weighted by molar-refractivity contribution is -0.144. The molecule has 1 amide bonds. The molecule has 0 aromatic rings. The predicted octanol–water partition coefficient (Wildman–Crippen LogP) is 1.20. The van der Waals surface area contributed by atoms with Crippen LogP contribution in [0.15, 0.2) is 0 Å². The molecule has 1 saturated heterocycles. The number of carbonyl (C=O) groups is 2. The molecule has 15 heavy (non-hydrogen) atoms. The quantitative estimate of drug-likeness (QED) is 0.662. The monoisotopic (exact) mass is 213 g/mol. The van der Waals surface area contributed by atoms with Crippen molar-refractivity contribution >= 4 is 11.9 Å². The first-order valence-corrected chi connectivity index (χ1v) is 5.48. The number of carbonyl (C=O) groups excluding carboxylic acids is 2. The Balaban J connectivity index is 2.30. The Morgan fingerprint density at radius 2 is 2.13 bits per heavy atom. The number of amides is 1. The van der Waals surface area contributed by atoms with Gasteiger partial charge in [0.05, 0.1) is 13.5 Å². The predicted molar refractivity (Wildman–Crippen MR) is 56.2 cm³/mol. The van der Waals surface area contributed by atoms with Gasteiger partial charge in [-0.25, -0.2) is 0 Å². The molecule has 1 fully saturated rings. The van der Waals surface area contributed by atoms with Crippen LogP contribution in [-0.2, 0) is 14.3 Å². The van der Waals surface area contributed by atoms with E-state index in [-0.39, 0.29) is 24.7 Å². The largest absolute Gasteiger partial charge is 0.469 e. The van der Waals surface area contributed by atoms with Gasteiger partial charge in [-0.05, 0) is 18.8 Å². The van der Waals surface area contributed by atoms with Crippen LogP contribution in [0.3, 0.4) is 0 Å². The number of piperidine rings is 1.